The highest BCUT2D eigenvalue weighted by molar-refractivity contribution is 6.30. The fourth-order valence-corrected chi connectivity index (χ4v) is 3.90. The van der Waals surface area contributed by atoms with Crippen molar-refractivity contribution < 1.29 is 4.79 Å². The number of amides is 1. The van der Waals surface area contributed by atoms with Crippen LogP contribution in [0.25, 0.3) is 10.8 Å². The lowest BCUT2D eigenvalue weighted by molar-refractivity contribution is 0.0914. The summed E-state index contributed by atoms with van der Waals surface area (Å²) in [5.41, 5.74) is 1.77. The van der Waals surface area contributed by atoms with Crippen molar-refractivity contribution in [1.29, 1.82) is 0 Å². The zero-order valence-electron chi connectivity index (χ0n) is 15.0. The van der Waals surface area contributed by atoms with Crippen LogP contribution < -0.4 is 10.6 Å². The number of piperidine rings is 1. The van der Waals surface area contributed by atoms with E-state index in [1.54, 1.807) is 6.20 Å². The lowest BCUT2D eigenvalue weighted by atomic mass is 9.85. The standard InChI is InChI=1S/C22H22ClN3O/c23-20-5-3-15(4-6-20)21(16-7-10-24-11-8-16)26-22(27)18-1-2-19-14-25-12-9-17(19)13-18/h1-6,9,12-14,16,21,24H,7-8,10-11H2,(H,26,27). The molecule has 0 radical (unpaired) electrons. The average molecular weight is 380 g/mol. The molecule has 1 fully saturated rings. The smallest absolute Gasteiger partial charge is 0.251 e. The van der Waals surface area contributed by atoms with E-state index in [1.165, 1.54) is 0 Å². The predicted molar refractivity (Wildman–Crippen MR) is 109 cm³/mol. The quantitative estimate of drug-likeness (QED) is 0.708. The van der Waals surface area contributed by atoms with Gasteiger partial charge in [-0.3, -0.25) is 9.78 Å². The molecule has 138 valence electrons. The Labute approximate surface area is 164 Å². The van der Waals surface area contributed by atoms with Crippen LogP contribution in [0.3, 0.4) is 0 Å². The van der Waals surface area contributed by atoms with Crippen LogP contribution in [0, 0.1) is 5.92 Å². The van der Waals surface area contributed by atoms with Crippen LogP contribution in [0.15, 0.2) is 60.9 Å². The van der Waals surface area contributed by atoms with Crippen molar-refractivity contribution in [3.63, 3.8) is 0 Å². The molecule has 0 saturated carbocycles. The molecule has 1 aliphatic heterocycles. The number of benzene rings is 2. The molecule has 1 unspecified atom stereocenters. The van der Waals surface area contributed by atoms with Crippen LogP contribution in [0.5, 0.6) is 0 Å². The SMILES string of the molecule is O=C(NC(c1ccc(Cl)cc1)C1CCNCC1)c1ccc2cnccc2c1. The Hall–Kier alpha value is -2.43. The Morgan fingerprint density at radius 3 is 2.63 bits per heavy atom. The Bertz CT molecular complexity index is 936. The van der Waals surface area contributed by atoms with Crippen molar-refractivity contribution in [3.05, 3.63) is 77.1 Å². The molecule has 1 atom stereocenters. The van der Waals surface area contributed by atoms with Gasteiger partial charge in [0.2, 0.25) is 0 Å². The van der Waals surface area contributed by atoms with Gasteiger partial charge in [-0.25, -0.2) is 0 Å². The van der Waals surface area contributed by atoms with E-state index < -0.39 is 0 Å². The molecule has 0 bridgehead atoms. The fourth-order valence-electron chi connectivity index (χ4n) is 3.77. The molecule has 0 spiro atoms. The third-order valence-electron chi connectivity index (χ3n) is 5.27. The molecule has 1 aliphatic rings. The second-order valence-electron chi connectivity index (χ2n) is 7.03. The molecule has 4 nitrogen and oxygen atoms in total. The maximum Gasteiger partial charge on any atom is 0.251 e. The van der Waals surface area contributed by atoms with Crippen molar-refractivity contribution in [2.75, 3.05) is 13.1 Å². The number of pyridine rings is 1. The number of fused-ring (bicyclic) bond motifs is 1. The lowest BCUT2D eigenvalue weighted by Gasteiger charge is -2.32. The maximum atomic E-state index is 13.0. The molecule has 2 aromatic carbocycles. The highest BCUT2D eigenvalue weighted by atomic mass is 35.5. The van der Waals surface area contributed by atoms with Gasteiger partial charge < -0.3 is 10.6 Å². The van der Waals surface area contributed by atoms with E-state index in [0.29, 0.717) is 16.5 Å². The zero-order valence-corrected chi connectivity index (χ0v) is 15.7. The Morgan fingerprint density at radius 2 is 1.85 bits per heavy atom. The van der Waals surface area contributed by atoms with Gasteiger partial charge in [0.05, 0.1) is 6.04 Å². The first kappa shape index (κ1) is 18.0. The zero-order chi connectivity index (χ0) is 18.6. The van der Waals surface area contributed by atoms with Crippen molar-refractivity contribution in [3.8, 4) is 0 Å². The van der Waals surface area contributed by atoms with E-state index in [4.69, 9.17) is 11.6 Å². The van der Waals surface area contributed by atoms with Crippen LogP contribution in [-0.2, 0) is 0 Å². The number of nitrogens with one attached hydrogen (secondary N) is 2. The highest BCUT2D eigenvalue weighted by Gasteiger charge is 2.27. The predicted octanol–water partition coefficient (Wildman–Crippen LogP) is 4.36. The minimum Gasteiger partial charge on any atom is -0.345 e. The molecule has 5 heteroatoms. The second-order valence-corrected chi connectivity index (χ2v) is 7.46. The largest absolute Gasteiger partial charge is 0.345 e. The first-order valence-corrected chi connectivity index (χ1v) is 9.69. The molecule has 2 heterocycles. The molecule has 1 amide bonds. The summed E-state index contributed by atoms with van der Waals surface area (Å²) in [6.07, 6.45) is 5.63. The van der Waals surface area contributed by atoms with E-state index >= 15 is 0 Å². The van der Waals surface area contributed by atoms with E-state index in [2.05, 4.69) is 15.6 Å². The summed E-state index contributed by atoms with van der Waals surface area (Å²) >= 11 is 6.06. The summed E-state index contributed by atoms with van der Waals surface area (Å²) in [5, 5.41) is 9.42. The normalized spacial score (nSPS) is 16.2. The van der Waals surface area contributed by atoms with Crippen LogP contribution in [0.4, 0.5) is 0 Å². The molecule has 27 heavy (non-hydrogen) atoms. The van der Waals surface area contributed by atoms with Gasteiger partial charge in [0, 0.05) is 28.4 Å². The Morgan fingerprint density at radius 1 is 1.07 bits per heavy atom. The van der Waals surface area contributed by atoms with Gasteiger partial charge in [-0.15, -0.1) is 0 Å². The maximum absolute atomic E-state index is 13.0. The van der Waals surface area contributed by atoms with Crippen LogP contribution in [-0.4, -0.2) is 24.0 Å². The summed E-state index contributed by atoms with van der Waals surface area (Å²) in [6, 6.07) is 15.4. The molecule has 4 rings (SSSR count). The van der Waals surface area contributed by atoms with Crippen molar-refractivity contribution in [2.45, 2.75) is 18.9 Å². The fraction of sp³-hybridized carbons (Fsp3) is 0.273. The number of aromatic nitrogens is 1. The van der Waals surface area contributed by atoms with Gasteiger partial charge in [0.25, 0.3) is 5.91 Å². The van der Waals surface area contributed by atoms with Crippen LogP contribution in [0.1, 0.15) is 34.8 Å². The van der Waals surface area contributed by atoms with E-state index in [0.717, 1.165) is 42.3 Å². The van der Waals surface area contributed by atoms with Crippen molar-refractivity contribution >= 4 is 28.3 Å². The summed E-state index contributed by atoms with van der Waals surface area (Å²) in [5.74, 6) is 0.355. The van der Waals surface area contributed by atoms with E-state index in [1.807, 2.05) is 54.7 Å². The van der Waals surface area contributed by atoms with E-state index in [9.17, 15) is 4.79 Å². The Balaban J connectivity index is 1.61. The summed E-state index contributed by atoms with van der Waals surface area (Å²) in [7, 11) is 0. The second kappa shape index (κ2) is 8.07. The summed E-state index contributed by atoms with van der Waals surface area (Å²) in [6.45, 7) is 1.96. The van der Waals surface area contributed by atoms with Crippen molar-refractivity contribution in [1.82, 2.24) is 15.6 Å². The number of halogens is 1. The number of rotatable bonds is 4. The lowest BCUT2D eigenvalue weighted by Crippen LogP contribution is -2.38. The molecular formula is C22H22ClN3O. The van der Waals surface area contributed by atoms with E-state index in [-0.39, 0.29) is 11.9 Å². The van der Waals surface area contributed by atoms with Gasteiger partial charge in [-0.05, 0) is 73.1 Å². The van der Waals surface area contributed by atoms with Gasteiger partial charge >= 0.3 is 0 Å². The van der Waals surface area contributed by atoms with Gasteiger partial charge in [0.1, 0.15) is 0 Å². The molecule has 3 aromatic rings. The average Bonchev–Trinajstić information content (AvgIpc) is 2.73. The summed E-state index contributed by atoms with van der Waals surface area (Å²) < 4.78 is 0. The number of hydrogen-bond donors (Lipinski definition) is 2. The number of carbonyl (C=O) groups excluding carboxylic acids is 1. The van der Waals surface area contributed by atoms with Gasteiger partial charge in [0.15, 0.2) is 0 Å². The molecule has 2 N–H and O–H groups in total. The third kappa shape index (κ3) is 4.12. The van der Waals surface area contributed by atoms with Gasteiger partial charge in [-0.2, -0.15) is 0 Å². The topological polar surface area (TPSA) is 54.0 Å². The highest BCUT2D eigenvalue weighted by Crippen LogP contribution is 2.30. The van der Waals surface area contributed by atoms with Crippen LogP contribution in [0.2, 0.25) is 5.02 Å². The summed E-state index contributed by atoms with van der Waals surface area (Å²) in [4.78, 5) is 17.1. The van der Waals surface area contributed by atoms with Crippen molar-refractivity contribution in [2.24, 2.45) is 5.92 Å². The molecular weight excluding hydrogens is 358 g/mol. The Kier molecular flexibility index (Phi) is 5.37. The number of hydrogen-bond acceptors (Lipinski definition) is 3. The first-order chi connectivity index (χ1) is 13.2. The number of nitrogens with zero attached hydrogens (tertiary/aromatic N) is 1. The van der Waals surface area contributed by atoms with Gasteiger partial charge in [-0.1, -0.05) is 29.8 Å². The monoisotopic (exact) mass is 379 g/mol. The molecule has 1 aromatic heterocycles. The van der Waals surface area contributed by atoms with Crippen LogP contribution >= 0.6 is 11.6 Å². The minimum atomic E-state index is -0.0489. The third-order valence-corrected chi connectivity index (χ3v) is 5.53. The molecule has 0 aliphatic carbocycles. The first-order valence-electron chi connectivity index (χ1n) is 9.31. The number of carbonyl (C=O) groups is 1. The minimum absolute atomic E-state index is 0.0231. The molecule has 1 saturated heterocycles.